The van der Waals surface area contributed by atoms with Crippen molar-refractivity contribution in [3.8, 4) is 0 Å². The van der Waals surface area contributed by atoms with Crippen LogP contribution in [0.3, 0.4) is 0 Å². The molecular weight excluding hydrogens is 278 g/mol. The number of carbonyl (C=O) groups excluding carboxylic acids is 3. The van der Waals surface area contributed by atoms with Gasteiger partial charge in [-0.15, -0.1) is 0 Å². The number of likely N-dealkylation sites (tertiary alicyclic amines) is 1. The lowest BCUT2D eigenvalue weighted by atomic mass is 10.1. The lowest BCUT2D eigenvalue weighted by Crippen LogP contribution is -2.51. The molecule has 0 aromatic carbocycles. The van der Waals surface area contributed by atoms with Crippen LogP contribution in [0.1, 0.15) is 25.7 Å². The molecule has 1 heterocycles. The van der Waals surface area contributed by atoms with Gasteiger partial charge in [0.25, 0.3) is 0 Å². The van der Waals surface area contributed by atoms with E-state index in [4.69, 9.17) is 10.8 Å². The van der Waals surface area contributed by atoms with Gasteiger partial charge in [-0.1, -0.05) is 0 Å². The van der Waals surface area contributed by atoms with Gasteiger partial charge in [-0.2, -0.15) is 0 Å². The zero-order chi connectivity index (χ0) is 15.6. The zero-order valence-corrected chi connectivity index (χ0v) is 11.7. The maximum atomic E-state index is 12.4. The van der Waals surface area contributed by atoms with Crippen LogP contribution in [-0.4, -0.2) is 64.3 Å². The Morgan fingerprint density at radius 2 is 1.81 bits per heavy atom. The highest BCUT2D eigenvalue weighted by Crippen LogP contribution is 2.34. The fraction of sp³-hybridized carbons (Fsp3) is 0.692. The van der Waals surface area contributed by atoms with Crippen LogP contribution in [0, 0.1) is 5.92 Å². The summed E-state index contributed by atoms with van der Waals surface area (Å²) in [5.74, 6) is -2.55. The van der Waals surface area contributed by atoms with Crippen molar-refractivity contribution in [3.63, 3.8) is 0 Å². The summed E-state index contributed by atoms with van der Waals surface area (Å²) >= 11 is 0. The highest BCUT2D eigenvalue weighted by molar-refractivity contribution is 5.93. The van der Waals surface area contributed by atoms with Crippen molar-refractivity contribution in [3.05, 3.63) is 0 Å². The third-order valence-electron chi connectivity index (χ3n) is 3.73. The molecule has 3 N–H and O–H groups in total. The molecule has 1 aliphatic heterocycles. The van der Waals surface area contributed by atoms with Gasteiger partial charge < -0.3 is 20.6 Å². The number of aliphatic carboxylic acids is 1. The number of hydrogen-bond donors (Lipinski definition) is 2. The number of nitrogens with two attached hydrogens (primary N) is 1. The molecule has 1 saturated heterocycles. The third-order valence-corrected chi connectivity index (χ3v) is 3.73. The molecule has 0 aromatic rings. The molecule has 1 atom stereocenters. The second kappa shape index (κ2) is 6.11. The van der Waals surface area contributed by atoms with Crippen LogP contribution in [0.2, 0.25) is 0 Å². The normalized spacial score (nSPS) is 21.1. The zero-order valence-electron chi connectivity index (χ0n) is 11.7. The highest BCUT2D eigenvalue weighted by Gasteiger charge is 2.42. The van der Waals surface area contributed by atoms with Crippen molar-refractivity contribution < 1.29 is 24.3 Å². The fourth-order valence-electron chi connectivity index (χ4n) is 2.63. The molecule has 116 valence electrons. The lowest BCUT2D eigenvalue weighted by Gasteiger charge is -2.29. The number of carbonyl (C=O) groups is 4. The second-order valence-electron chi connectivity index (χ2n) is 5.52. The Kier molecular flexibility index (Phi) is 4.44. The first-order valence-corrected chi connectivity index (χ1v) is 6.99. The van der Waals surface area contributed by atoms with Crippen LogP contribution in [0.5, 0.6) is 0 Å². The van der Waals surface area contributed by atoms with Crippen molar-refractivity contribution in [1.29, 1.82) is 0 Å². The molecule has 1 aliphatic carbocycles. The summed E-state index contributed by atoms with van der Waals surface area (Å²) in [5, 5.41) is 8.84. The van der Waals surface area contributed by atoms with Crippen molar-refractivity contribution >= 4 is 23.7 Å². The van der Waals surface area contributed by atoms with Crippen molar-refractivity contribution in [2.75, 3.05) is 19.6 Å². The van der Waals surface area contributed by atoms with E-state index in [1.807, 2.05) is 0 Å². The number of nitrogens with zero attached hydrogens (tertiary/aromatic N) is 2. The Hall–Kier alpha value is -2.12. The predicted octanol–water partition coefficient (Wildman–Crippen LogP) is -1.21. The molecule has 8 heteroatoms. The molecule has 8 nitrogen and oxygen atoms in total. The van der Waals surface area contributed by atoms with Gasteiger partial charge in [0.05, 0.1) is 0 Å². The maximum absolute atomic E-state index is 12.4. The van der Waals surface area contributed by atoms with Gasteiger partial charge >= 0.3 is 5.97 Å². The van der Waals surface area contributed by atoms with Crippen LogP contribution in [-0.2, 0) is 19.2 Å². The van der Waals surface area contributed by atoms with E-state index in [1.54, 1.807) is 0 Å². The molecule has 0 spiro atoms. The summed E-state index contributed by atoms with van der Waals surface area (Å²) in [7, 11) is 0. The van der Waals surface area contributed by atoms with Gasteiger partial charge in [0.15, 0.2) is 0 Å². The predicted molar refractivity (Wildman–Crippen MR) is 70.9 cm³/mol. The summed E-state index contributed by atoms with van der Waals surface area (Å²) in [6.07, 6.45) is 2.88. The summed E-state index contributed by atoms with van der Waals surface area (Å²) in [6, 6.07) is -0.670. The average molecular weight is 297 g/mol. The van der Waals surface area contributed by atoms with E-state index < -0.39 is 36.9 Å². The molecular formula is C13H19N3O5. The number of amides is 3. The van der Waals surface area contributed by atoms with E-state index in [1.165, 1.54) is 4.90 Å². The van der Waals surface area contributed by atoms with E-state index >= 15 is 0 Å². The standard InChI is InChI=1S/C13H19N3O5/c14-10(17)6-15(7-11(18)19)13(21)9-2-1-5-16(9)12(20)8-3-4-8/h8-9H,1-7H2,(H2,14,17)(H,18,19). The van der Waals surface area contributed by atoms with Crippen LogP contribution in [0.25, 0.3) is 0 Å². The smallest absolute Gasteiger partial charge is 0.323 e. The van der Waals surface area contributed by atoms with Gasteiger partial charge in [-0.05, 0) is 25.7 Å². The molecule has 1 saturated carbocycles. The number of carboxylic acids is 1. The molecule has 1 unspecified atom stereocenters. The average Bonchev–Trinajstić information content (AvgIpc) is 3.12. The summed E-state index contributed by atoms with van der Waals surface area (Å²) in [5.41, 5.74) is 5.05. The molecule has 0 radical (unpaired) electrons. The number of hydrogen-bond acceptors (Lipinski definition) is 4. The van der Waals surface area contributed by atoms with Crippen LogP contribution in [0.4, 0.5) is 0 Å². The van der Waals surface area contributed by atoms with Crippen molar-refractivity contribution in [2.24, 2.45) is 11.7 Å². The first-order chi connectivity index (χ1) is 9.90. The van der Waals surface area contributed by atoms with Crippen molar-refractivity contribution in [1.82, 2.24) is 9.80 Å². The molecule has 2 fully saturated rings. The Bertz CT molecular complexity index is 458. The molecule has 0 aromatic heterocycles. The quantitative estimate of drug-likeness (QED) is 0.637. The van der Waals surface area contributed by atoms with E-state index in [2.05, 4.69) is 0 Å². The summed E-state index contributed by atoms with van der Waals surface area (Å²) in [6.45, 7) is -0.542. The van der Waals surface area contributed by atoms with E-state index in [9.17, 15) is 19.2 Å². The molecule has 2 rings (SSSR count). The monoisotopic (exact) mass is 297 g/mol. The van der Waals surface area contributed by atoms with Gasteiger partial charge in [0.2, 0.25) is 17.7 Å². The number of carboxylic acid groups (broad SMARTS) is 1. The maximum Gasteiger partial charge on any atom is 0.323 e. The first kappa shape index (κ1) is 15.3. The summed E-state index contributed by atoms with van der Waals surface area (Å²) in [4.78, 5) is 48.8. The second-order valence-corrected chi connectivity index (χ2v) is 5.52. The Labute approximate surface area is 121 Å². The van der Waals surface area contributed by atoms with Crippen LogP contribution >= 0.6 is 0 Å². The summed E-state index contributed by atoms with van der Waals surface area (Å²) < 4.78 is 0. The number of rotatable bonds is 6. The minimum atomic E-state index is -1.22. The first-order valence-electron chi connectivity index (χ1n) is 6.99. The minimum Gasteiger partial charge on any atom is -0.480 e. The topological polar surface area (TPSA) is 121 Å². The van der Waals surface area contributed by atoms with Gasteiger partial charge in [-0.3, -0.25) is 19.2 Å². The Balaban J connectivity index is 2.08. The van der Waals surface area contributed by atoms with Gasteiger partial charge in [0.1, 0.15) is 19.1 Å². The van der Waals surface area contributed by atoms with Crippen LogP contribution < -0.4 is 5.73 Å². The third kappa shape index (κ3) is 3.71. The Morgan fingerprint density at radius 3 is 2.33 bits per heavy atom. The van der Waals surface area contributed by atoms with Gasteiger partial charge in [-0.25, -0.2) is 0 Å². The largest absolute Gasteiger partial charge is 0.480 e. The van der Waals surface area contributed by atoms with Crippen molar-refractivity contribution in [2.45, 2.75) is 31.7 Å². The minimum absolute atomic E-state index is 0.00228. The van der Waals surface area contributed by atoms with E-state index in [0.717, 1.165) is 17.7 Å². The Morgan fingerprint density at radius 1 is 1.14 bits per heavy atom. The van der Waals surface area contributed by atoms with Gasteiger partial charge in [0, 0.05) is 12.5 Å². The molecule has 21 heavy (non-hydrogen) atoms. The molecule has 2 aliphatic rings. The molecule has 0 bridgehead atoms. The van der Waals surface area contributed by atoms with Crippen LogP contribution in [0.15, 0.2) is 0 Å². The lowest BCUT2D eigenvalue weighted by molar-refractivity contribution is -0.150. The highest BCUT2D eigenvalue weighted by atomic mass is 16.4. The molecule has 3 amide bonds. The van der Waals surface area contributed by atoms with E-state index in [-0.39, 0.29) is 11.8 Å². The fourth-order valence-corrected chi connectivity index (χ4v) is 2.63. The number of primary amides is 1. The SMILES string of the molecule is NC(=O)CN(CC(=O)O)C(=O)C1CCCN1C(=O)C1CC1. The van der Waals surface area contributed by atoms with E-state index in [0.29, 0.717) is 19.4 Å².